The number of hydrogen-bond acceptors (Lipinski definition) is 4. The third kappa shape index (κ3) is 3.99. The van der Waals surface area contributed by atoms with E-state index in [1.54, 1.807) is 12.4 Å². The van der Waals surface area contributed by atoms with Gasteiger partial charge in [0.2, 0.25) is 0 Å². The lowest BCUT2D eigenvalue weighted by atomic mass is 9.77. The smallest absolute Gasteiger partial charge is 0.255 e. The van der Waals surface area contributed by atoms with Crippen LogP contribution in [-0.2, 0) is 11.2 Å². The molecule has 3 aromatic rings. The van der Waals surface area contributed by atoms with E-state index in [0.29, 0.717) is 38.0 Å². The molecule has 2 aromatic carbocycles. The minimum Gasteiger partial charge on any atom is -0.389 e. The molecule has 2 bridgehead atoms. The number of carbonyl (C=O) groups excluding carboxylic acids is 1. The molecule has 5 nitrogen and oxygen atoms in total. The molecule has 0 unspecified atom stereocenters. The molecule has 2 saturated heterocycles. The molecule has 3 heterocycles. The number of rotatable bonds is 4. The van der Waals surface area contributed by atoms with Crippen LogP contribution in [0.5, 0.6) is 0 Å². The highest BCUT2D eigenvalue weighted by atomic mass is 16.5. The SMILES string of the molecule is O=C(c1ccccc1-c1ccncc1)N1[C@@H]2COC[C@H]1C[C@](O)(Cc1ccccc1)C2. The minimum atomic E-state index is -0.831. The van der Waals surface area contributed by atoms with Crippen molar-refractivity contribution in [1.29, 1.82) is 0 Å². The van der Waals surface area contributed by atoms with Gasteiger partial charge in [-0.25, -0.2) is 0 Å². The van der Waals surface area contributed by atoms with Crippen LogP contribution in [0.2, 0.25) is 0 Å². The Morgan fingerprint density at radius 1 is 0.968 bits per heavy atom. The zero-order valence-electron chi connectivity index (χ0n) is 17.4. The van der Waals surface area contributed by atoms with Gasteiger partial charge in [-0.1, -0.05) is 48.5 Å². The third-order valence-corrected chi connectivity index (χ3v) is 6.40. The van der Waals surface area contributed by atoms with Crippen LogP contribution in [0.4, 0.5) is 0 Å². The number of ether oxygens (including phenoxy) is 1. The molecule has 0 spiro atoms. The first-order valence-electron chi connectivity index (χ1n) is 10.8. The standard InChI is InChI=1S/C26H26N2O3/c29-25(24-9-5-4-8-23(24)20-10-12-27-13-11-20)28-21-15-26(30,16-22(28)18-31-17-21)14-19-6-2-1-3-7-19/h1-13,21-22,30H,14-18H2/t21-,22+,26-. The number of nitrogens with zero attached hydrogens (tertiary/aromatic N) is 2. The largest absolute Gasteiger partial charge is 0.389 e. The first-order chi connectivity index (χ1) is 15.1. The molecule has 1 aromatic heterocycles. The van der Waals surface area contributed by atoms with Crippen molar-refractivity contribution < 1.29 is 14.6 Å². The van der Waals surface area contributed by atoms with Crippen LogP contribution >= 0.6 is 0 Å². The number of amides is 1. The van der Waals surface area contributed by atoms with Gasteiger partial charge >= 0.3 is 0 Å². The molecular weight excluding hydrogens is 388 g/mol. The minimum absolute atomic E-state index is 0.00692. The summed E-state index contributed by atoms with van der Waals surface area (Å²) >= 11 is 0. The lowest BCUT2D eigenvalue weighted by Crippen LogP contribution is -2.63. The highest BCUT2D eigenvalue weighted by Crippen LogP contribution is 2.38. The number of aromatic nitrogens is 1. The molecular formula is C26H26N2O3. The Kier molecular flexibility index (Phi) is 5.30. The van der Waals surface area contributed by atoms with Gasteiger partial charge in [0.05, 0.1) is 30.9 Å². The molecule has 158 valence electrons. The number of hydrogen-bond donors (Lipinski definition) is 1. The fraction of sp³-hybridized carbons (Fsp3) is 0.308. The predicted octanol–water partition coefficient (Wildman–Crippen LogP) is 3.73. The Hall–Kier alpha value is -3.02. The number of morpholine rings is 1. The predicted molar refractivity (Wildman–Crippen MR) is 119 cm³/mol. The highest BCUT2D eigenvalue weighted by molar-refractivity contribution is 6.01. The van der Waals surface area contributed by atoms with Crippen molar-refractivity contribution in [2.45, 2.75) is 36.9 Å². The van der Waals surface area contributed by atoms with Crippen LogP contribution in [0.3, 0.4) is 0 Å². The highest BCUT2D eigenvalue weighted by Gasteiger charge is 2.48. The molecule has 5 rings (SSSR count). The maximum atomic E-state index is 13.7. The van der Waals surface area contributed by atoms with Crippen LogP contribution in [-0.4, -0.2) is 51.8 Å². The average molecular weight is 415 g/mol. The monoisotopic (exact) mass is 414 g/mol. The molecule has 2 fully saturated rings. The lowest BCUT2D eigenvalue weighted by Gasteiger charge is -2.51. The van der Waals surface area contributed by atoms with Gasteiger partial charge in [-0.3, -0.25) is 9.78 Å². The number of benzene rings is 2. The average Bonchev–Trinajstić information content (AvgIpc) is 2.79. The van der Waals surface area contributed by atoms with Gasteiger partial charge in [0.1, 0.15) is 0 Å². The Bertz CT molecular complexity index is 1040. The van der Waals surface area contributed by atoms with Crippen molar-refractivity contribution in [2.75, 3.05) is 13.2 Å². The van der Waals surface area contributed by atoms with E-state index in [2.05, 4.69) is 4.98 Å². The van der Waals surface area contributed by atoms with Crippen LogP contribution in [0.1, 0.15) is 28.8 Å². The van der Waals surface area contributed by atoms with Gasteiger partial charge in [0.25, 0.3) is 5.91 Å². The molecule has 0 radical (unpaired) electrons. The third-order valence-electron chi connectivity index (χ3n) is 6.40. The molecule has 3 atom stereocenters. The van der Waals surface area contributed by atoms with Crippen molar-refractivity contribution >= 4 is 5.91 Å². The summed E-state index contributed by atoms with van der Waals surface area (Å²) in [5.74, 6) is 0.00692. The lowest BCUT2D eigenvalue weighted by molar-refractivity contribution is -0.126. The van der Waals surface area contributed by atoms with Crippen LogP contribution in [0.15, 0.2) is 79.1 Å². The quantitative estimate of drug-likeness (QED) is 0.707. The van der Waals surface area contributed by atoms with Crippen molar-refractivity contribution in [1.82, 2.24) is 9.88 Å². The number of piperidine rings is 1. The van der Waals surface area contributed by atoms with Gasteiger partial charge in [-0.2, -0.15) is 0 Å². The maximum Gasteiger partial charge on any atom is 0.255 e. The topological polar surface area (TPSA) is 62.7 Å². The van der Waals surface area contributed by atoms with Gasteiger partial charge in [0, 0.05) is 24.4 Å². The zero-order chi connectivity index (χ0) is 21.3. The van der Waals surface area contributed by atoms with E-state index in [1.807, 2.05) is 71.6 Å². The molecule has 31 heavy (non-hydrogen) atoms. The van der Waals surface area contributed by atoms with Crippen LogP contribution < -0.4 is 0 Å². The van der Waals surface area contributed by atoms with E-state index in [-0.39, 0.29) is 18.0 Å². The van der Waals surface area contributed by atoms with E-state index >= 15 is 0 Å². The first kappa shape index (κ1) is 19.9. The normalized spacial score (nSPS) is 25.3. The summed E-state index contributed by atoms with van der Waals surface area (Å²) in [4.78, 5) is 19.8. The Morgan fingerprint density at radius 2 is 1.61 bits per heavy atom. The second-order valence-corrected chi connectivity index (χ2v) is 8.63. The van der Waals surface area contributed by atoms with Gasteiger partial charge in [0.15, 0.2) is 0 Å². The summed E-state index contributed by atoms with van der Waals surface area (Å²) in [5.41, 5.74) is 2.84. The zero-order valence-corrected chi connectivity index (χ0v) is 17.4. The fourth-order valence-corrected chi connectivity index (χ4v) is 5.12. The summed E-state index contributed by atoms with van der Waals surface area (Å²) in [6.45, 7) is 0.910. The number of fused-ring (bicyclic) bond motifs is 2. The number of aliphatic hydroxyl groups is 1. The summed E-state index contributed by atoms with van der Waals surface area (Å²) in [6.07, 6.45) is 5.10. The number of pyridine rings is 1. The second-order valence-electron chi connectivity index (χ2n) is 8.63. The fourth-order valence-electron chi connectivity index (χ4n) is 5.12. The van der Waals surface area contributed by atoms with Crippen LogP contribution in [0.25, 0.3) is 11.1 Å². The van der Waals surface area contributed by atoms with Gasteiger partial charge in [-0.15, -0.1) is 0 Å². The van der Waals surface area contributed by atoms with Crippen LogP contribution in [0, 0.1) is 0 Å². The number of carbonyl (C=O) groups is 1. The Morgan fingerprint density at radius 3 is 2.32 bits per heavy atom. The summed E-state index contributed by atoms with van der Waals surface area (Å²) in [5, 5.41) is 11.4. The second kappa shape index (κ2) is 8.25. The summed E-state index contributed by atoms with van der Waals surface area (Å²) in [6, 6.07) is 21.4. The van der Waals surface area contributed by atoms with E-state index in [9.17, 15) is 9.90 Å². The van der Waals surface area contributed by atoms with Gasteiger partial charge in [-0.05, 0) is 47.7 Å². The first-order valence-corrected chi connectivity index (χ1v) is 10.8. The molecule has 0 saturated carbocycles. The van der Waals surface area contributed by atoms with E-state index in [1.165, 1.54) is 0 Å². The van der Waals surface area contributed by atoms with Crippen molar-refractivity contribution in [3.63, 3.8) is 0 Å². The van der Waals surface area contributed by atoms with E-state index in [4.69, 9.17) is 4.74 Å². The Balaban J connectivity index is 1.43. The van der Waals surface area contributed by atoms with Gasteiger partial charge < -0.3 is 14.7 Å². The molecule has 5 heteroatoms. The summed E-state index contributed by atoms with van der Waals surface area (Å²) in [7, 11) is 0. The van der Waals surface area contributed by atoms with E-state index < -0.39 is 5.60 Å². The maximum absolute atomic E-state index is 13.7. The van der Waals surface area contributed by atoms with Crippen molar-refractivity contribution in [3.05, 3.63) is 90.3 Å². The molecule has 0 aliphatic carbocycles. The Labute approximate surface area is 182 Å². The molecule has 2 aliphatic rings. The van der Waals surface area contributed by atoms with Crippen molar-refractivity contribution in [2.24, 2.45) is 0 Å². The molecule has 1 N–H and O–H groups in total. The summed E-state index contributed by atoms with van der Waals surface area (Å²) < 4.78 is 5.80. The van der Waals surface area contributed by atoms with E-state index in [0.717, 1.165) is 16.7 Å². The van der Waals surface area contributed by atoms with Crippen molar-refractivity contribution in [3.8, 4) is 11.1 Å². The molecule has 1 amide bonds. The molecule has 2 aliphatic heterocycles.